The number of esters is 1. The van der Waals surface area contributed by atoms with Gasteiger partial charge in [0, 0.05) is 17.8 Å². The number of nitrogens with two attached hydrogens (primary N) is 1. The lowest BCUT2D eigenvalue weighted by atomic mass is 9.90. The quantitative estimate of drug-likeness (QED) is 0.218. The molecule has 1 unspecified atom stereocenters. The van der Waals surface area contributed by atoms with E-state index >= 15 is 0 Å². The summed E-state index contributed by atoms with van der Waals surface area (Å²) in [5.74, 6) is -1.42. The van der Waals surface area contributed by atoms with E-state index in [1.165, 1.54) is 25.1 Å². The van der Waals surface area contributed by atoms with E-state index in [9.17, 15) is 28.0 Å². The third-order valence-corrected chi connectivity index (χ3v) is 6.02. The van der Waals surface area contributed by atoms with Crippen LogP contribution >= 0.6 is 0 Å². The summed E-state index contributed by atoms with van der Waals surface area (Å²) in [5.41, 5.74) is 5.28. The monoisotopic (exact) mass is 545 g/mol. The summed E-state index contributed by atoms with van der Waals surface area (Å²) in [5, 5.41) is 18.2. The van der Waals surface area contributed by atoms with Gasteiger partial charge in [-0.1, -0.05) is 24.8 Å². The SMILES string of the molecule is C=C/C(C#N)=C\C=C(/CC[N+](C)(C)C)C1C(C(=O)OC)=C(C)N(c2cccc(C(F)(F)F)c2)C(=N)N1C(N)=O. The van der Waals surface area contributed by atoms with Crippen LogP contribution in [0, 0.1) is 16.7 Å². The summed E-state index contributed by atoms with van der Waals surface area (Å²) in [6.07, 6.45) is -0.0147. The Morgan fingerprint density at radius 1 is 1.28 bits per heavy atom. The number of allylic oxidation sites excluding steroid dienone is 5. The number of carbonyl (C=O) groups is 2. The van der Waals surface area contributed by atoms with Crippen LogP contribution in [-0.4, -0.2) is 68.2 Å². The van der Waals surface area contributed by atoms with Crippen LogP contribution in [0.5, 0.6) is 0 Å². The lowest BCUT2D eigenvalue weighted by molar-refractivity contribution is -0.870. The molecule has 0 saturated carbocycles. The smallest absolute Gasteiger partial charge is 0.416 e. The fraction of sp³-hybridized carbons (Fsp3) is 0.333. The molecular formula is C27H32F3N6O3+. The van der Waals surface area contributed by atoms with Crippen molar-refractivity contribution in [3.8, 4) is 6.07 Å². The highest BCUT2D eigenvalue weighted by Gasteiger charge is 2.44. The van der Waals surface area contributed by atoms with Gasteiger partial charge in [-0.3, -0.25) is 15.2 Å². The Morgan fingerprint density at radius 3 is 2.41 bits per heavy atom. The normalized spacial score (nSPS) is 17.2. The van der Waals surface area contributed by atoms with Gasteiger partial charge in [0.1, 0.15) is 0 Å². The molecule has 2 rings (SSSR count). The molecule has 1 aliphatic heterocycles. The second-order valence-corrected chi connectivity index (χ2v) is 9.75. The lowest BCUT2D eigenvalue weighted by Crippen LogP contribution is -2.59. The first-order chi connectivity index (χ1) is 18.1. The average Bonchev–Trinajstić information content (AvgIpc) is 2.84. The molecule has 39 heavy (non-hydrogen) atoms. The molecule has 1 aromatic carbocycles. The maximum Gasteiger partial charge on any atom is 0.416 e. The van der Waals surface area contributed by atoms with Crippen molar-refractivity contribution in [1.29, 1.82) is 10.7 Å². The highest BCUT2D eigenvalue weighted by molar-refractivity contribution is 6.10. The molecule has 0 radical (unpaired) electrons. The molecule has 208 valence electrons. The molecule has 0 bridgehead atoms. The van der Waals surface area contributed by atoms with Crippen molar-refractivity contribution in [2.45, 2.75) is 25.6 Å². The van der Waals surface area contributed by atoms with Crippen molar-refractivity contribution < 1.29 is 32.0 Å². The second kappa shape index (κ2) is 12.0. The maximum atomic E-state index is 13.5. The van der Waals surface area contributed by atoms with E-state index in [0.29, 0.717) is 23.0 Å². The van der Waals surface area contributed by atoms with E-state index in [4.69, 9.17) is 15.9 Å². The molecule has 12 heteroatoms. The van der Waals surface area contributed by atoms with Crippen molar-refractivity contribution in [3.05, 3.63) is 77.1 Å². The number of ether oxygens (including phenoxy) is 1. The van der Waals surface area contributed by atoms with Crippen LogP contribution in [0.3, 0.4) is 0 Å². The van der Waals surface area contributed by atoms with Crippen LogP contribution < -0.4 is 10.6 Å². The topological polar surface area (TPSA) is 124 Å². The van der Waals surface area contributed by atoms with Crippen molar-refractivity contribution in [1.82, 2.24) is 4.90 Å². The summed E-state index contributed by atoms with van der Waals surface area (Å²) in [6, 6.07) is 3.80. The fourth-order valence-electron chi connectivity index (χ4n) is 4.05. The molecule has 0 fully saturated rings. The molecule has 2 amide bonds. The molecular weight excluding hydrogens is 513 g/mol. The third kappa shape index (κ3) is 7.14. The summed E-state index contributed by atoms with van der Waals surface area (Å²) in [7, 11) is 6.93. The lowest BCUT2D eigenvalue weighted by Gasteiger charge is -2.43. The van der Waals surface area contributed by atoms with E-state index in [0.717, 1.165) is 35.1 Å². The largest absolute Gasteiger partial charge is 0.466 e. The Bertz CT molecular complexity index is 1300. The molecule has 0 spiro atoms. The van der Waals surface area contributed by atoms with E-state index in [-0.39, 0.29) is 22.5 Å². The van der Waals surface area contributed by atoms with Gasteiger partial charge in [-0.05, 0) is 36.8 Å². The predicted octanol–water partition coefficient (Wildman–Crippen LogP) is 4.32. The van der Waals surface area contributed by atoms with E-state index in [2.05, 4.69) is 6.58 Å². The van der Waals surface area contributed by atoms with Gasteiger partial charge >= 0.3 is 18.2 Å². The number of hydrogen-bond acceptors (Lipinski definition) is 5. The Hall–Kier alpha value is -4.37. The van der Waals surface area contributed by atoms with Gasteiger partial charge in [0.05, 0.1) is 63.6 Å². The van der Waals surface area contributed by atoms with E-state index < -0.39 is 35.7 Å². The number of quaternary nitrogens is 1. The van der Waals surface area contributed by atoms with Crippen LogP contribution in [0.25, 0.3) is 0 Å². The number of methoxy groups -OCH3 is 1. The molecule has 0 aromatic heterocycles. The number of anilines is 1. The predicted molar refractivity (Wildman–Crippen MR) is 141 cm³/mol. The summed E-state index contributed by atoms with van der Waals surface area (Å²) in [6.45, 7) is 5.56. The van der Waals surface area contributed by atoms with Crippen molar-refractivity contribution in [3.63, 3.8) is 0 Å². The van der Waals surface area contributed by atoms with E-state index in [1.807, 2.05) is 27.2 Å². The Kier molecular flexibility index (Phi) is 9.49. The van der Waals surface area contributed by atoms with Crippen LogP contribution in [0.15, 0.2) is 71.5 Å². The summed E-state index contributed by atoms with van der Waals surface area (Å²) < 4.78 is 45.9. The van der Waals surface area contributed by atoms with Gasteiger partial charge < -0.3 is 15.0 Å². The minimum absolute atomic E-state index is 0.0815. The minimum atomic E-state index is -4.67. The first-order valence-electron chi connectivity index (χ1n) is 11.7. The minimum Gasteiger partial charge on any atom is -0.466 e. The molecule has 0 saturated heterocycles. The Labute approximate surface area is 225 Å². The zero-order valence-corrected chi connectivity index (χ0v) is 22.5. The number of halogens is 3. The summed E-state index contributed by atoms with van der Waals surface area (Å²) in [4.78, 5) is 27.8. The number of urea groups is 1. The summed E-state index contributed by atoms with van der Waals surface area (Å²) >= 11 is 0. The first-order valence-corrected chi connectivity index (χ1v) is 11.7. The number of carbonyl (C=O) groups excluding carboxylic acids is 2. The number of nitrogens with zero attached hydrogens (tertiary/aromatic N) is 4. The van der Waals surface area contributed by atoms with E-state index in [1.54, 1.807) is 6.08 Å². The number of primary amides is 1. The number of nitriles is 1. The zero-order valence-electron chi connectivity index (χ0n) is 22.5. The number of guanidine groups is 1. The average molecular weight is 546 g/mol. The Morgan fingerprint density at radius 2 is 1.92 bits per heavy atom. The first kappa shape index (κ1) is 30.9. The highest BCUT2D eigenvalue weighted by atomic mass is 19.4. The second-order valence-electron chi connectivity index (χ2n) is 9.75. The molecule has 1 aromatic rings. The van der Waals surface area contributed by atoms with Gasteiger partial charge in [0.2, 0.25) is 5.96 Å². The molecule has 1 atom stereocenters. The molecule has 0 aliphatic carbocycles. The van der Waals surface area contributed by atoms with Gasteiger partial charge in [-0.25, -0.2) is 9.59 Å². The van der Waals surface area contributed by atoms with Crippen molar-refractivity contribution in [2.75, 3.05) is 39.7 Å². The molecule has 1 heterocycles. The van der Waals surface area contributed by atoms with Crippen LogP contribution in [-0.2, 0) is 15.7 Å². The zero-order chi connectivity index (χ0) is 29.7. The van der Waals surface area contributed by atoms with Gasteiger partial charge in [0.15, 0.2) is 0 Å². The number of nitrogens with one attached hydrogen (secondary N) is 1. The maximum absolute atomic E-state index is 13.5. The number of hydrogen-bond donors (Lipinski definition) is 2. The van der Waals surface area contributed by atoms with Crippen LogP contribution in [0.4, 0.5) is 23.7 Å². The fourth-order valence-corrected chi connectivity index (χ4v) is 4.05. The van der Waals surface area contributed by atoms with Crippen molar-refractivity contribution in [2.24, 2.45) is 5.73 Å². The molecule has 1 aliphatic rings. The third-order valence-electron chi connectivity index (χ3n) is 6.02. The number of amides is 2. The highest BCUT2D eigenvalue weighted by Crippen LogP contribution is 2.38. The molecule has 9 nitrogen and oxygen atoms in total. The van der Waals surface area contributed by atoms with Gasteiger partial charge in [-0.15, -0.1) is 0 Å². The standard InChI is InChI=1S/C27H31F3N6O3/c1-7-18(16-31)11-12-19(13-14-36(3,4)5)23-22(24(37)39-6)17(2)34(25(32)35(23)26(33)38)21-10-8-9-20(15-21)27(28,29)30/h7-12,15,23,32H,1,13-14H2,2-6H3,(H-,33,38)/p+1/b18-11+,19-12+,32-25?. The number of benzene rings is 1. The Balaban J connectivity index is 2.91. The number of alkyl halides is 3. The number of rotatable bonds is 8. The van der Waals surface area contributed by atoms with Crippen molar-refractivity contribution >= 4 is 23.6 Å². The van der Waals surface area contributed by atoms with Gasteiger partial charge in [-0.2, -0.15) is 18.4 Å². The van der Waals surface area contributed by atoms with Crippen LogP contribution in [0.1, 0.15) is 18.9 Å². The van der Waals surface area contributed by atoms with Crippen LogP contribution in [0.2, 0.25) is 0 Å². The van der Waals surface area contributed by atoms with Gasteiger partial charge in [0.25, 0.3) is 0 Å². The molecule has 3 N–H and O–H groups in total.